The van der Waals surface area contributed by atoms with E-state index in [1.807, 2.05) is 26.1 Å². The van der Waals surface area contributed by atoms with Gasteiger partial charge in [-0.3, -0.25) is 9.55 Å². The molecule has 2 heterocycles. The number of aromatic nitrogens is 2. The maximum atomic E-state index is 12.4. The summed E-state index contributed by atoms with van der Waals surface area (Å²) in [5.41, 5.74) is 12.6. The number of rotatable bonds is 18. The molecule has 0 amide bonds. The van der Waals surface area contributed by atoms with Gasteiger partial charge in [0.2, 0.25) is 0 Å². The minimum absolute atomic E-state index is 0.354. The van der Waals surface area contributed by atoms with Gasteiger partial charge in [-0.05, 0) is 93.5 Å². The molecule has 9 nitrogen and oxygen atoms in total. The standard InChI is InChI=1S/C33H44N3O6P/c1-5-41-43(37,42-6-2)19-7-14-38-15-16-39-17-18-40-28-12-11-27(25(4)21-28)10-9-26-22-30-29-13-8-24(3)20-31(29)36-33(34)32(30)35-23-26/h8,11-13,20-23H,5-7,9-10,14-19H2,1-4H3,(H2,34,36). The number of nitrogens with two attached hydrogens (primary N) is 1. The molecule has 0 unspecified atom stereocenters. The van der Waals surface area contributed by atoms with E-state index in [4.69, 9.17) is 29.0 Å². The number of fused-ring (bicyclic) bond motifs is 3. The maximum absolute atomic E-state index is 12.4. The van der Waals surface area contributed by atoms with Crippen LogP contribution in [0.2, 0.25) is 0 Å². The Hall–Kier alpha value is -3.07. The Balaban J connectivity index is 1.17. The second-order valence-electron chi connectivity index (χ2n) is 10.4. The fourth-order valence-corrected chi connectivity index (χ4v) is 6.61. The topological polar surface area (TPSA) is 115 Å². The van der Waals surface area contributed by atoms with Gasteiger partial charge < -0.3 is 29.0 Å². The first kappa shape index (κ1) is 32.8. The lowest BCUT2D eigenvalue weighted by Crippen LogP contribution is -2.12. The number of hydrogen-bond donors (Lipinski definition) is 1. The molecule has 2 aromatic carbocycles. The van der Waals surface area contributed by atoms with Crippen LogP contribution in [0.3, 0.4) is 0 Å². The summed E-state index contributed by atoms with van der Waals surface area (Å²) in [6, 6.07) is 14.7. The molecule has 2 N–H and O–H groups in total. The highest BCUT2D eigenvalue weighted by molar-refractivity contribution is 7.53. The van der Waals surface area contributed by atoms with Crippen molar-refractivity contribution in [3.63, 3.8) is 0 Å². The summed E-state index contributed by atoms with van der Waals surface area (Å²) in [4.78, 5) is 9.20. The molecule has 0 aliphatic rings. The van der Waals surface area contributed by atoms with Gasteiger partial charge in [-0.1, -0.05) is 18.2 Å². The van der Waals surface area contributed by atoms with Gasteiger partial charge in [0.15, 0.2) is 5.82 Å². The number of anilines is 1. The van der Waals surface area contributed by atoms with E-state index in [0.29, 0.717) is 64.6 Å². The quantitative estimate of drug-likeness (QED) is 0.0736. The lowest BCUT2D eigenvalue weighted by Gasteiger charge is -2.16. The third-order valence-corrected chi connectivity index (χ3v) is 9.28. The Labute approximate surface area is 254 Å². The second-order valence-corrected chi connectivity index (χ2v) is 12.6. The molecule has 0 radical (unpaired) electrons. The highest BCUT2D eigenvalue weighted by atomic mass is 31.2. The van der Waals surface area contributed by atoms with Crippen LogP contribution in [0, 0.1) is 13.8 Å². The Morgan fingerprint density at radius 3 is 2.33 bits per heavy atom. The molecule has 0 fully saturated rings. The van der Waals surface area contributed by atoms with Gasteiger partial charge in [-0.15, -0.1) is 0 Å². The van der Waals surface area contributed by atoms with Gasteiger partial charge >= 0.3 is 7.60 Å². The average molecular weight is 610 g/mol. The van der Waals surface area contributed by atoms with E-state index in [1.54, 1.807) is 0 Å². The summed E-state index contributed by atoms with van der Waals surface area (Å²) in [5.74, 6) is 1.29. The molecule has 0 saturated heterocycles. The summed E-state index contributed by atoms with van der Waals surface area (Å²) in [6.07, 6.45) is 4.63. The Kier molecular flexibility index (Phi) is 12.3. The molecule has 0 atom stereocenters. The van der Waals surface area contributed by atoms with E-state index in [2.05, 4.69) is 60.2 Å². The number of hydrogen-bond acceptors (Lipinski definition) is 9. The van der Waals surface area contributed by atoms with Crippen LogP contribution in [0.4, 0.5) is 5.82 Å². The van der Waals surface area contributed by atoms with Gasteiger partial charge in [0.1, 0.15) is 17.9 Å². The summed E-state index contributed by atoms with van der Waals surface area (Å²) >= 11 is 0. The summed E-state index contributed by atoms with van der Waals surface area (Å²) in [5, 5.41) is 2.11. The molecule has 0 saturated carbocycles. The Morgan fingerprint density at radius 1 is 0.837 bits per heavy atom. The van der Waals surface area contributed by atoms with Crippen LogP contribution >= 0.6 is 7.60 Å². The van der Waals surface area contributed by atoms with E-state index >= 15 is 0 Å². The lowest BCUT2D eigenvalue weighted by molar-refractivity contribution is 0.0364. The largest absolute Gasteiger partial charge is 0.491 e. The average Bonchev–Trinajstić information content (AvgIpc) is 2.97. The number of nitrogens with zero attached hydrogens (tertiary/aromatic N) is 2. The number of aryl methyl sites for hydroxylation is 4. The molecule has 0 aliphatic heterocycles. The molecular weight excluding hydrogens is 565 g/mol. The van der Waals surface area contributed by atoms with E-state index in [1.165, 1.54) is 11.1 Å². The molecule has 0 spiro atoms. The van der Waals surface area contributed by atoms with Gasteiger partial charge in [-0.2, -0.15) is 0 Å². The van der Waals surface area contributed by atoms with Crippen molar-refractivity contribution in [1.29, 1.82) is 0 Å². The zero-order chi connectivity index (χ0) is 30.7. The maximum Gasteiger partial charge on any atom is 0.330 e. The molecule has 0 aliphatic carbocycles. The van der Waals surface area contributed by atoms with Crippen molar-refractivity contribution in [2.24, 2.45) is 0 Å². The van der Waals surface area contributed by atoms with Crippen molar-refractivity contribution in [1.82, 2.24) is 9.97 Å². The van der Waals surface area contributed by atoms with Crippen LogP contribution in [0.1, 0.15) is 42.5 Å². The number of ether oxygens (including phenoxy) is 3. The lowest BCUT2D eigenvalue weighted by atomic mass is 9.99. The van der Waals surface area contributed by atoms with E-state index in [9.17, 15) is 4.57 Å². The normalized spacial score (nSPS) is 11.9. The predicted molar refractivity (Wildman–Crippen MR) is 172 cm³/mol. The van der Waals surface area contributed by atoms with Gasteiger partial charge in [-0.25, -0.2) is 4.98 Å². The SMILES string of the molecule is CCOP(=O)(CCCOCCOCCOc1ccc(CCc2cnc3c(N)nc4cc(C)ccc4c3c2)c(C)c1)OCC. The molecule has 4 rings (SSSR count). The first-order valence-corrected chi connectivity index (χ1v) is 16.7. The monoisotopic (exact) mass is 609 g/mol. The van der Waals surface area contributed by atoms with E-state index < -0.39 is 7.60 Å². The van der Waals surface area contributed by atoms with Gasteiger partial charge in [0.25, 0.3) is 0 Å². The Bertz CT molecular complexity index is 1540. The first-order valence-electron chi connectivity index (χ1n) is 15.0. The Morgan fingerprint density at radius 2 is 1.58 bits per heavy atom. The molecule has 232 valence electrons. The molecular formula is C33H44N3O6P. The second kappa shape index (κ2) is 16.1. The highest BCUT2D eigenvalue weighted by Crippen LogP contribution is 2.48. The van der Waals surface area contributed by atoms with Crippen molar-refractivity contribution in [3.8, 4) is 5.75 Å². The molecule has 0 bridgehead atoms. The fraction of sp³-hybridized carbons (Fsp3) is 0.455. The summed E-state index contributed by atoms with van der Waals surface area (Å²) < 4.78 is 40.1. The predicted octanol–water partition coefficient (Wildman–Crippen LogP) is 6.84. The minimum atomic E-state index is -3.00. The molecule has 43 heavy (non-hydrogen) atoms. The van der Waals surface area contributed by atoms with Gasteiger partial charge in [0, 0.05) is 23.6 Å². The molecule has 10 heteroatoms. The smallest absolute Gasteiger partial charge is 0.330 e. The first-order chi connectivity index (χ1) is 20.8. The summed E-state index contributed by atoms with van der Waals surface area (Å²) in [6.45, 7) is 10.9. The highest BCUT2D eigenvalue weighted by Gasteiger charge is 2.22. The fourth-order valence-electron chi connectivity index (χ4n) is 4.98. The van der Waals surface area contributed by atoms with E-state index in [-0.39, 0.29) is 0 Å². The number of nitrogen functional groups attached to an aromatic ring is 1. The van der Waals surface area contributed by atoms with Crippen molar-refractivity contribution in [2.75, 3.05) is 58.1 Å². The summed E-state index contributed by atoms with van der Waals surface area (Å²) in [7, 11) is -3.00. The zero-order valence-electron chi connectivity index (χ0n) is 25.8. The van der Waals surface area contributed by atoms with Crippen LogP contribution in [0.15, 0.2) is 48.7 Å². The third-order valence-electron chi connectivity index (χ3n) is 7.11. The minimum Gasteiger partial charge on any atom is -0.491 e. The van der Waals surface area contributed by atoms with Crippen molar-refractivity contribution in [2.45, 2.75) is 47.0 Å². The number of benzene rings is 2. The van der Waals surface area contributed by atoms with Crippen LogP contribution in [-0.4, -0.2) is 62.4 Å². The van der Waals surface area contributed by atoms with Crippen LogP contribution < -0.4 is 10.5 Å². The van der Waals surface area contributed by atoms with Crippen molar-refractivity contribution in [3.05, 3.63) is 70.9 Å². The number of pyridine rings is 2. The van der Waals surface area contributed by atoms with Crippen LogP contribution in [0.25, 0.3) is 21.8 Å². The third kappa shape index (κ3) is 9.46. The van der Waals surface area contributed by atoms with Crippen molar-refractivity contribution >= 4 is 35.2 Å². The van der Waals surface area contributed by atoms with Crippen molar-refractivity contribution < 1.29 is 27.8 Å². The zero-order valence-corrected chi connectivity index (χ0v) is 26.7. The molecule has 2 aromatic heterocycles. The van der Waals surface area contributed by atoms with Crippen LogP contribution in [0.5, 0.6) is 5.75 Å². The van der Waals surface area contributed by atoms with E-state index in [0.717, 1.165) is 51.5 Å². The van der Waals surface area contributed by atoms with Crippen LogP contribution in [-0.2, 0) is 35.9 Å². The molecule has 4 aromatic rings. The van der Waals surface area contributed by atoms with Gasteiger partial charge in [0.05, 0.1) is 44.7 Å².